The van der Waals surface area contributed by atoms with Gasteiger partial charge in [0.2, 0.25) is 0 Å². The van der Waals surface area contributed by atoms with Crippen LogP contribution < -0.4 is 0 Å². The van der Waals surface area contributed by atoms with E-state index in [9.17, 15) is 4.39 Å². The van der Waals surface area contributed by atoms with Crippen LogP contribution in [0.3, 0.4) is 0 Å². The van der Waals surface area contributed by atoms with Crippen molar-refractivity contribution >= 4 is 11.8 Å². The molecule has 1 aliphatic heterocycles. The number of hydrogen-bond donors (Lipinski definition) is 0. The molecule has 4 rings (SSSR count). The third-order valence-electron chi connectivity index (χ3n) is 4.57. The molecule has 0 saturated heterocycles. The second kappa shape index (κ2) is 7.44. The summed E-state index contributed by atoms with van der Waals surface area (Å²) in [6.07, 6.45) is 7.74. The fourth-order valence-electron chi connectivity index (χ4n) is 3.34. The molecule has 0 N–H and O–H groups in total. The first-order valence-corrected chi connectivity index (χ1v) is 8.82. The van der Waals surface area contributed by atoms with E-state index >= 15 is 0 Å². The van der Waals surface area contributed by atoms with Crippen molar-refractivity contribution in [1.82, 2.24) is 4.98 Å². The number of halogens is 1. The third-order valence-corrected chi connectivity index (χ3v) is 4.57. The number of rotatable bonds is 3. The molecule has 2 heterocycles. The molecule has 1 aromatic heterocycles. The van der Waals surface area contributed by atoms with E-state index in [1.54, 1.807) is 12.3 Å². The lowest BCUT2D eigenvalue weighted by Gasteiger charge is -2.17. The zero-order valence-electron chi connectivity index (χ0n) is 14.4. The number of hydrogen-bond acceptors (Lipinski definition) is 2. The van der Waals surface area contributed by atoms with Crippen molar-refractivity contribution in [3.8, 4) is 11.1 Å². The molecule has 0 aliphatic carbocycles. The monoisotopic (exact) mass is 342 g/mol. The molecule has 3 aromatic rings. The summed E-state index contributed by atoms with van der Waals surface area (Å²) >= 11 is 0. The van der Waals surface area contributed by atoms with Crippen LogP contribution in [0.25, 0.3) is 17.2 Å². The maximum absolute atomic E-state index is 14.3. The Morgan fingerprint density at radius 2 is 1.69 bits per heavy atom. The number of pyridine rings is 1. The molecule has 26 heavy (non-hydrogen) atoms. The Balaban J connectivity index is 1.80. The van der Waals surface area contributed by atoms with Crippen LogP contribution in [0, 0.1) is 5.82 Å². The Kier molecular flexibility index (Phi) is 4.69. The van der Waals surface area contributed by atoms with Gasteiger partial charge in [0.1, 0.15) is 5.82 Å². The summed E-state index contributed by atoms with van der Waals surface area (Å²) in [5.41, 5.74) is 5.72. The van der Waals surface area contributed by atoms with Crippen molar-refractivity contribution in [2.24, 2.45) is 4.99 Å². The summed E-state index contributed by atoms with van der Waals surface area (Å²) < 4.78 is 14.3. The van der Waals surface area contributed by atoms with Crippen LogP contribution in [0.15, 0.2) is 83.6 Å². The number of nitrogens with zero attached hydrogens (tertiary/aromatic N) is 2. The summed E-state index contributed by atoms with van der Waals surface area (Å²) in [5.74, 6) is -0.205. The number of benzene rings is 2. The van der Waals surface area contributed by atoms with E-state index in [2.05, 4.69) is 11.1 Å². The summed E-state index contributed by atoms with van der Waals surface area (Å²) in [7, 11) is 0. The van der Waals surface area contributed by atoms with Gasteiger partial charge in [-0.05, 0) is 53.8 Å². The molecular formula is C23H19FN2. The van der Waals surface area contributed by atoms with Crippen molar-refractivity contribution in [3.63, 3.8) is 0 Å². The van der Waals surface area contributed by atoms with Gasteiger partial charge in [-0.3, -0.25) is 9.98 Å². The maximum atomic E-state index is 14.3. The Hall–Kier alpha value is -3.07. The summed E-state index contributed by atoms with van der Waals surface area (Å²) in [6, 6.07) is 18.8. The molecular weight excluding hydrogens is 323 g/mol. The van der Waals surface area contributed by atoms with Crippen LogP contribution in [0.2, 0.25) is 0 Å². The highest BCUT2D eigenvalue weighted by Gasteiger charge is 2.15. The lowest BCUT2D eigenvalue weighted by molar-refractivity contribution is 0.631. The van der Waals surface area contributed by atoms with Crippen molar-refractivity contribution < 1.29 is 4.39 Å². The lowest BCUT2D eigenvalue weighted by Crippen LogP contribution is -2.12. The van der Waals surface area contributed by atoms with Gasteiger partial charge < -0.3 is 0 Å². The highest BCUT2D eigenvalue weighted by Crippen LogP contribution is 2.30. The second-order valence-corrected chi connectivity index (χ2v) is 6.31. The number of aliphatic imine (C=N–C) groups is 1. The van der Waals surface area contributed by atoms with Crippen molar-refractivity contribution in [1.29, 1.82) is 0 Å². The van der Waals surface area contributed by atoms with Crippen LogP contribution in [0.4, 0.5) is 4.39 Å². The minimum absolute atomic E-state index is 0.205. The molecule has 0 radical (unpaired) electrons. The van der Waals surface area contributed by atoms with Crippen LogP contribution >= 0.6 is 0 Å². The van der Waals surface area contributed by atoms with E-state index < -0.39 is 0 Å². The fraction of sp³-hybridized carbons (Fsp3) is 0.130. The molecule has 2 aromatic carbocycles. The zero-order valence-corrected chi connectivity index (χ0v) is 14.4. The molecule has 0 saturated carbocycles. The number of allylic oxidation sites excluding steroid dienone is 1. The third kappa shape index (κ3) is 3.33. The molecule has 0 amide bonds. The first-order valence-electron chi connectivity index (χ1n) is 8.82. The zero-order chi connectivity index (χ0) is 17.8. The van der Waals surface area contributed by atoms with E-state index in [0.29, 0.717) is 5.56 Å². The predicted octanol–water partition coefficient (Wildman–Crippen LogP) is 5.55. The average Bonchev–Trinajstić information content (AvgIpc) is 2.70. The summed E-state index contributed by atoms with van der Waals surface area (Å²) in [5, 5.41) is 0. The first-order chi connectivity index (χ1) is 12.8. The van der Waals surface area contributed by atoms with Crippen molar-refractivity contribution in [3.05, 3.63) is 95.6 Å². The molecule has 2 nitrogen and oxygen atoms in total. The molecule has 0 fully saturated rings. The van der Waals surface area contributed by atoms with Crippen LogP contribution in [0.1, 0.15) is 24.0 Å². The highest BCUT2D eigenvalue weighted by atomic mass is 19.1. The summed E-state index contributed by atoms with van der Waals surface area (Å²) in [4.78, 5) is 8.95. The predicted molar refractivity (Wildman–Crippen MR) is 105 cm³/mol. The minimum Gasteiger partial charge on any atom is -0.284 e. The molecule has 0 atom stereocenters. The lowest BCUT2D eigenvalue weighted by atomic mass is 9.92. The normalized spacial score (nSPS) is 15.7. The fourth-order valence-corrected chi connectivity index (χ4v) is 3.34. The van der Waals surface area contributed by atoms with E-state index in [1.807, 2.05) is 54.7 Å². The summed E-state index contributed by atoms with van der Waals surface area (Å²) in [6.45, 7) is 0.830. The van der Waals surface area contributed by atoms with Crippen LogP contribution in [-0.2, 0) is 0 Å². The van der Waals surface area contributed by atoms with Gasteiger partial charge in [0.25, 0.3) is 0 Å². The molecule has 1 aliphatic rings. The van der Waals surface area contributed by atoms with Gasteiger partial charge in [0.05, 0.1) is 5.71 Å². The van der Waals surface area contributed by atoms with Gasteiger partial charge in [-0.2, -0.15) is 0 Å². The molecule has 3 heteroatoms. The standard InChI is InChI=1S/C23H19FN2/c24-22-12-4-3-11-21(22)20-10-2-1-7-17(20)15-18-8-6-14-26-23(18)19-9-5-13-25-16-19/h1-5,7,9-13,15-16H,6,8,14H2/b18-15+. The Labute approximate surface area is 152 Å². The van der Waals surface area contributed by atoms with Gasteiger partial charge in [-0.15, -0.1) is 0 Å². The van der Waals surface area contributed by atoms with E-state index in [4.69, 9.17) is 4.99 Å². The Morgan fingerprint density at radius 3 is 2.50 bits per heavy atom. The largest absolute Gasteiger partial charge is 0.284 e. The Bertz CT molecular complexity index is 974. The van der Waals surface area contributed by atoms with Crippen LogP contribution in [-0.4, -0.2) is 17.2 Å². The molecule has 0 bridgehead atoms. The van der Waals surface area contributed by atoms with Gasteiger partial charge in [0.15, 0.2) is 0 Å². The van der Waals surface area contributed by atoms with E-state index in [0.717, 1.165) is 41.8 Å². The second-order valence-electron chi connectivity index (χ2n) is 6.31. The number of aromatic nitrogens is 1. The van der Waals surface area contributed by atoms with Crippen molar-refractivity contribution in [2.75, 3.05) is 6.54 Å². The average molecular weight is 342 g/mol. The van der Waals surface area contributed by atoms with Crippen molar-refractivity contribution in [2.45, 2.75) is 12.8 Å². The topological polar surface area (TPSA) is 25.2 Å². The van der Waals surface area contributed by atoms with Gasteiger partial charge >= 0.3 is 0 Å². The Morgan fingerprint density at radius 1 is 0.885 bits per heavy atom. The smallest absolute Gasteiger partial charge is 0.131 e. The van der Waals surface area contributed by atoms with Gasteiger partial charge in [-0.1, -0.05) is 42.5 Å². The highest BCUT2D eigenvalue weighted by molar-refractivity contribution is 6.15. The molecule has 0 unspecified atom stereocenters. The van der Waals surface area contributed by atoms with E-state index in [1.165, 1.54) is 11.6 Å². The quantitative estimate of drug-likeness (QED) is 0.612. The maximum Gasteiger partial charge on any atom is 0.131 e. The molecule has 128 valence electrons. The SMILES string of the molecule is Fc1ccccc1-c1ccccc1/C=C1\CCCN=C1c1cccnc1. The molecule has 0 spiro atoms. The van der Waals surface area contributed by atoms with Crippen LogP contribution in [0.5, 0.6) is 0 Å². The first kappa shape index (κ1) is 16.4. The van der Waals surface area contributed by atoms with E-state index in [-0.39, 0.29) is 5.82 Å². The van der Waals surface area contributed by atoms with Gasteiger partial charge in [0, 0.05) is 30.1 Å². The minimum atomic E-state index is -0.205. The van der Waals surface area contributed by atoms with Gasteiger partial charge in [-0.25, -0.2) is 4.39 Å².